The first kappa shape index (κ1) is 18.3. The first-order valence-electron chi connectivity index (χ1n) is 9.60. The molecule has 1 fully saturated rings. The summed E-state index contributed by atoms with van der Waals surface area (Å²) >= 11 is 0. The molecular formula is C22H23FN4O. The van der Waals surface area contributed by atoms with Gasteiger partial charge < -0.3 is 4.90 Å². The van der Waals surface area contributed by atoms with Gasteiger partial charge in [0.1, 0.15) is 11.6 Å². The van der Waals surface area contributed by atoms with Crippen LogP contribution in [-0.2, 0) is 11.2 Å². The molecule has 1 amide bonds. The zero-order chi connectivity index (χ0) is 19.5. The van der Waals surface area contributed by atoms with Gasteiger partial charge in [0.2, 0.25) is 5.91 Å². The Morgan fingerprint density at radius 2 is 1.86 bits per heavy atom. The molecule has 2 aromatic carbocycles. The number of hydrogen-bond donors (Lipinski definition) is 1. The minimum atomic E-state index is -0.276. The van der Waals surface area contributed by atoms with Crippen LogP contribution in [0.4, 0.5) is 4.39 Å². The van der Waals surface area contributed by atoms with E-state index in [2.05, 4.69) is 15.2 Å². The van der Waals surface area contributed by atoms with Crippen molar-refractivity contribution in [2.24, 2.45) is 0 Å². The summed E-state index contributed by atoms with van der Waals surface area (Å²) in [6.45, 7) is 3.49. The molecule has 0 bridgehead atoms. The van der Waals surface area contributed by atoms with Gasteiger partial charge in [-0.3, -0.25) is 9.89 Å². The molecule has 2 heterocycles. The molecule has 1 aromatic heterocycles. The number of halogens is 1. The van der Waals surface area contributed by atoms with Gasteiger partial charge in [0.15, 0.2) is 5.82 Å². The first-order chi connectivity index (χ1) is 13.6. The van der Waals surface area contributed by atoms with Crippen molar-refractivity contribution in [1.29, 1.82) is 0 Å². The van der Waals surface area contributed by atoms with Gasteiger partial charge in [-0.1, -0.05) is 24.3 Å². The third kappa shape index (κ3) is 3.96. The Kier molecular flexibility index (Phi) is 5.19. The fourth-order valence-corrected chi connectivity index (χ4v) is 3.67. The van der Waals surface area contributed by atoms with Crippen molar-refractivity contribution in [3.8, 4) is 11.4 Å². The van der Waals surface area contributed by atoms with Crippen molar-refractivity contribution in [2.45, 2.75) is 32.1 Å². The van der Waals surface area contributed by atoms with E-state index in [1.54, 1.807) is 12.1 Å². The van der Waals surface area contributed by atoms with Gasteiger partial charge in [-0.05, 0) is 55.2 Å². The summed E-state index contributed by atoms with van der Waals surface area (Å²) in [5, 5.41) is 7.29. The maximum absolute atomic E-state index is 13.1. The zero-order valence-electron chi connectivity index (χ0n) is 15.9. The molecule has 1 saturated heterocycles. The molecule has 0 unspecified atom stereocenters. The standard InChI is InChI=1S/C22H23FN4O/c1-15-4-2-3-5-18(15)14-20(28)27-12-10-17(11-13-27)22-24-21(25-26-22)16-6-8-19(23)9-7-16/h2-9,17H,10-14H2,1H3,(H,24,25,26). The van der Waals surface area contributed by atoms with Crippen molar-refractivity contribution >= 4 is 5.91 Å². The molecule has 5 nitrogen and oxygen atoms in total. The summed E-state index contributed by atoms with van der Waals surface area (Å²) in [6.07, 6.45) is 2.17. The topological polar surface area (TPSA) is 61.9 Å². The zero-order valence-corrected chi connectivity index (χ0v) is 15.9. The molecule has 1 N–H and O–H groups in total. The predicted octanol–water partition coefficient (Wildman–Crippen LogP) is 3.87. The number of nitrogens with one attached hydrogen (secondary N) is 1. The second-order valence-corrected chi connectivity index (χ2v) is 7.31. The molecule has 1 aliphatic rings. The van der Waals surface area contributed by atoms with Crippen LogP contribution in [0.2, 0.25) is 0 Å². The van der Waals surface area contributed by atoms with Gasteiger partial charge in [-0.25, -0.2) is 9.37 Å². The molecule has 1 aliphatic heterocycles. The summed E-state index contributed by atoms with van der Waals surface area (Å²) in [5.74, 6) is 1.57. The SMILES string of the molecule is Cc1ccccc1CC(=O)N1CCC(c2nc(-c3ccc(F)cc3)n[nH]2)CC1. The fourth-order valence-electron chi connectivity index (χ4n) is 3.67. The van der Waals surface area contributed by atoms with E-state index in [4.69, 9.17) is 0 Å². The van der Waals surface area contributed by atoms with Crippen molar-refractivity contribution < 1.29 is 9.18 Å². The number of piperidine rings is 1. The summed E-state index contributed by atoms with van der Waals surface area (Å²) in [5.41, 5.74) is 3.03. The number of H-pyrrole nitrogens is 1. The number of likely N-dealkylation sites (tertiary alicyclic amines) is 1. The predicted molar refractivity (Wildman–Crippen MR) is 105 cm³/mol. The number of aryl methyl sites for hydroxylation is 1. The highest BCUT2D eigenvalue weighted by Gasteiger charge is 2.26. The highest BCUT2D eigenvalue weighted by molar-refractivity contribution is 5.79. The summed E-state index contributed by atoms with van der Waals surface area (Å²) < 4.78 is 13.1. The number of benzene rings is 2. The number of rotatable bonds is 4. The average molecular weight is 378 g/mol. The molecule has 0 spiro atoms. The minimum absolute atomic E-state index is 0.178. The molecule has 28 heavy (non-hydrogen) atoms. The van der Waals surface area contributed by atoms with Crippen molar-refractivity contribution in [3.63, 3.8) is 0 Å². The number of aromatic nitrogens is 3. The van der Waals surface area contributed by atoms with Gasteiger partial charge in [-0.15, -0.1) is 0 Å². The Labute approximate surface area is 163 Å². The van der Waals surface area contributed by atoms with E-state index in [0.29, 0.717) is 12.2 Å². The third-order valence-corrected chi connectivity index (χ3v) is 5.44. The van der Waals surface area contributed by atoms with Gasteiger partial charge >= 0.3 is 0 Å². The summed E-state index contributed by atoms with van der Waals surface area (Å²) in [6, 6.07) is 14.2. The molecule has 144 valence electrons. The second kappa shape index (κ2) is 7.92. The van der Waals surface area contributed by atoms with E-state index in [1.165, 1.54) is 12.1 Å². The Hall–Kier alpha value is -3.02. The lowest BCUT2D eigenvalue weighted by Crippen LogP contribution is -2.39. The van der Waals surface area contributed by atoms with Crippen LogP contribution < -0.4 is 0 Å². The van der Waals surface area contributed by atoms with E-state index in [1.807, 2.05) is 36.1 Å². The van der Waals surface area contributed by atoms with E-state index in [-0.39, 0.29) is 17.6 Å². The Balaban J connectivity index is 1.36. The molecule has 6 heteroatoms. The summed E-state index contributed by atoms with van der Waals surface area (Å²) in [7, 11) is 0. The highest BCUT2D eigenvalue weighted by Crippen LogP contribution is 2.27. The molecule has 3 aromatic rings. The lowest BCUT2D eigenvalue weighted by atomic mass is 9.95. The van der Waals surface area contributed by atoms with Crippen molar-refractivity contribution in [2.75, 3.05) is 13.1 Å². The first-order valence-corrected chi connectivity index (χ1v) is 9.60. The van der Waals surface area contributed by atoms with E-state index in [0.717, 1.165) is 48.4 Å². The molecular weight excluding hydrogens is 355 g/mol. The number of amides is 1. The van der Waals surface area contributed by atoms with Crippen molar-refractivity contribution in [1.82, 2.24) is 20.1 Å². The van der Waals surface area contributed by atoms with E-state index < -0.39 is 0 Å². The molecule has 4 rings (SSSR count). The number of aromatic amines is 1. The van der Waals surface area contributed by atoms with Crippen LogP contribution in [0.5, 0.6) is 0 Å². The van der Waals surface area contributed by atoms with E-state index in [9.17, 15) is 9.18 Å². The number of carbonyl (C=O) groups is 1. The summed E-state index contributed by atoms with van der Waals surface area (Å²) in [4.78, 5) is 19.2. The Bertz CT molecular complexity index is 959. The van der Waals surface area contributed by atoms with Crippen LogP contribution >= 0.6 is 0 Å². The monoisotopic (exact) mass is 378 g/mol. The maximum Gasteiger partial charge on any atom is 0.226 e. The maximum atomic E-state index is 13.1. The average Bonchev–Trinajstić information content (AvgIpc) is 3.20. The quantitative estimate of drug-likeness (QED) is 0.750. The van der Waals surface area contributed by atoms with Gasteiger partial charge in [0.05, 0.1) is 6.42 Å². The number of carbonyl (C=O) groups excluding carboxylic acids is 1. The highest BCUT2D eigenvalue weighted by atomic mass is 19.1. The lowest BCUT2D eigenvalue weighted by Gasteiger charge is -2.31. The molecule has 0 saturated carbocycles. The van der Waals surface area contributed by atoms with Crippen LogP contribution in [-0.4, -0.2) is 39.1 Å². The van der Waals surface area contributed by atoms with Crippen molar-refractivity contribution in [3.05, 3.63) is 71.3 Å². The Morgan fingerprint density at radius 3 is 2.57 bits per heavy atom. The number of hydrogen-bond acceptors (Lipinski definition) is 3. The Morgan fingerprint density at radius 1 is 1.14 bits per heavy atom. The van der Waals surface area contributed by atoms with E-state index >= 15 is 0 Å². The largest absolute Gasteiger partial charge is 0.342 e. The number of nitrogens with zero attached hydrogens (tertiary/aromatic N) is 3. The smallest absolute Gasteiger partial charge is 0.226 e. The molecule has 0 aliphatic carbocycles. The lowest BCUT2D eigenvalue weighted by molar-refractivity contribution is -0.131. The molecule has 0 atom stereocenters. The normalized spacial score (nSPS) is 15.0. The second-order valence-electron chi connectivity index (χ2n) is 7.31. The van der Waals surface area contributed by atoms with Gasteiger partial charge in [-0.2, -0.15) is 5.10 Å². The van der Waals surface area contributed by atoms with Gasteiger partial charge in [0.25, 0.3) is 0 Å². The van der Waals surface area contributed by atoms with Crippen LogP contribution in [0.3, 0.4) is 0 Å². The van der Waals surface area contributed by atoms with Crippen LogP contribution in [0.15, 0.2) is 48.5 Å². The van der Waals surface area contributed by atoms with Crippen LogP contribution in [0.25, 0.3) is 11.4 Å². The minimum Gasteiger partial charge on any atom is -0.342 e. The fraction of sp³-hybridized carbons (Fsp3) is 0.318. The van der Waals surface area contributed by atoms with Gasteiger partial charge in [0, 0.05) is 24.6 Å². The third-order valence-electron chi connectivity index (χ3n) is 5.44. The molecule has 0 radical (unpaired) electrons. The van der Waals surface area contributed by atoms with Crippen LogP contribution in [0, 0.1) is 12.7 Å². The van der Waals surface area contributed by atoms with Crippen LogP contribution in [0.1, 0.15) is 35.7 Å².